The minimum Gasteiger partial charge on any atom is -0.161 e. The molecule has 66 valence electrons. The highest BCUT2D eigenvalue weighted by molar-refractivity contribution is 8.02. The molecule has 0 aromatic rings. The van der Waals surface area contributed by atoms with E-state index >= 15 is 0 Å². The highest BCUT2D eigenvalue weighted by atomic mass is 35.5. The van der Waals surface area contributed by atoms with Crippen LogP contribution in [0.25, 0.3) is 0 Å². The second-order valence-corrected chi connectivity index (χ2v) is 4.61. The SMILES string of the molecule is C/C=C/SCCCSCCCl. The molecule has 0 saturated heterocycles. The fourth-order valence-corrected chi connectivity index (χ4v) is 2.38. The Hall–Kier alpha value is 0.730. The summed E-state index contributed by atoms with van der Waals surface area (Å²) in [6.07, 6.45) is 3.37. The number of halogens is 1. The molecule has 0 unspecified atom stereocenters. The molecule has 0 amide bonds. The van der Waals surface area contributed by atoms with E-state index in [1.807, 2.05) is 23.5 Å². The Labute approximate surface area is 83.2 Å². The lowest BCUT2D eigenvalue weighted by atomic mass is 10.6. The van der Waals surface area contributed by atoms with E-state index in [2.05, 4.69) is 18.4 Å². The van der Waals surface area contributed by atoms with Crippen molar-refractivity contribution < 1.29 is 0 Å². The van der Waals surface area contributed by atoms with Crippen molar-refractivity contribution in [1.29, 1.82) is 0 Å². The van der Waals surface area contributed by atoms with Crippen LogP contribution in [0.5, 0.6) is 0 Å². The number of alkyl halides is 1. The van der Waals surface area contributed by atoms with E-state index in [1.54, 1.807) is 0 Å². The molecule has 0 heterocycles. The normalized spacial score (nSPS) is 11.1. The molecule has 11 heavy (non-hydrogen) atoms. The average Bonchev–Trinajstić information content (AvgIpc) is 2.03. The molecular weight excluding hydrogens is 196 g/mol. The van der Waals surface area contributed by atoms with Crippen LogP contribution in [0.3, 0.4) is 0 Å². The van der Waals surface area contributed by atoms with Crippen LogP contribution in [0.2, 0.25) is 0 Å². The summed E-state index contributed by atoms with van der Waals surface area (Å²) in [6, 6.07) is 0. The van der Waals surface area contributed by atoms with Gasteiger partial charge in [0.05, 0.1) is 0 Å². The van der Waals surface area contributed by atoms with Crippen molar-refractivity contribution in [2.75, 3.05) is 23.1 Å². The van der Waals surface area contributed by atoms with Gasteiger partial charge in [0.25, 0.3) is 0 Å². The van der Waals surface area contributed by atoms with Gasteiger partial charge in [0, 0.05) is 11.6 Å². The van der Waals surface area contributed by atoms with Crippen LogP contribution in [-0.4, -0.2) is 23.1 Å². The Morgan fingerprint density at radius 1 is 1.27 bits per heavy atom. The molecule has 0 atom stereocenters. The largest absolute Gasteiger partial charge is 0.161 e. The predicted molar refractivity (Wildman–Crippen MR) is 59.9 cm³/mol. The third kappa shape index (κ3) is 10.7. The third-order valence-electron chi connectivity index (χ3n) is 1.00. The molecule has 3 heteroatoms. The maximum atomic E-state index is 5.53. The highest BCUT2D eigenvalue weighted by Crippen LogP contribution is 2.08. The number of hydrogen-bond acceptors (Lipinski definition) is 2. The minimum atomic E-state index is 0.784. The van der Waals surface area contributed by atoms with E-state index in [9.17, 15) is 0 Å². The fourth-order valence-electron chi connectivity index (χ4n) is 0.565. The Kier molecular flexibility index (Phi) is 11.4. The van der Waals surface area contributed by atoms with Crippen LogP contribution in [0.15, 0.2) is 11.5 Å². The number of hydrogen-bond donors (Lipinski definition) is 0. The van der Waals surface area contributed by atoms with Gasteiger partial charge in [-0.1, -0.05) is 6.08 Å². The van der Waals surface area contributed by atoms with E-state index in [4.69, 9.17) is 11.6 Å². The van der Waals surface area contributed by atoms with Crippen molar-refractivity contribution in [2.45, 2.75) is 13.3 Å². The van der Waals surface area contributed by atoms with Crippen LogP contribution in [0, 0.1) is 0 Å². The smallest absolute Gasteiger partial charge is 0.0314 e. The maximum Gasteiger partial charge on any atom is 0.0314 e. The van der Waals surface area contributed by atoms with E-state index in [-0.39, 0.29) is 0 Å². The molecule has 0 N–H and O–H groups in total. The molecule has 0 rings (SSSR count). The quantitative estimate of drug-likeness (QED) is 0.465. The van der Waals surface area contributed by atoms with Crippen molar-refractivity contribution in [2.24, 2.45) is 0 Å². The fraction of sp³-hybridized carbons (Fsp3) is 0.750. The summed E-state index contributed by atoms with van der Waals surface area (Å²) in [5.41, 5.74) is 0. The summed E-state index contributed by atoms with van der Waals surface area (Å²) in [5, 5.41) is 2.15. The van der Waals surface area contributed by atoms with E-state index in [0.717, 1.165) is 11.6 Å². The van der Waals surface area contributed by atoms with Crippen molar-refractivity contribution in [3.8, 4) is 0 Å². The molecule has 0 fully saturated rings. The first-order chi connectivity index (χ1) is 5.41. The molecule has 0 aromatic carbocycles. The summed E-state index contributed by atoms with van der Waals surface area (Å²) >= 11 is 9.35. The van der Waals surface area contributed by atoms with Gasteiger partial charge in [-0.05, 0) is 30.3 Å². The second-order valence-electron chi connectivity index (χ2n) is 2.00. The topological polar surface area (TPSA) is 0 Å². The number of thioether (sulfide) groups is 2. The molecule has 0 aliphatic carbocycles. The molecule has 0 radical (unpaired) electrons. The van der Waals surface area contributed by atoms with Gasteiger partial charge in [0.1, 0.15) is 0 Å². The van der Waals surface area contributed by atoms with Gasteiger partial charge in [-0.25, -0.2) is 0 Å². The summed E-state index contributed by atoms with van der Waals surface area (Å²) in [7, 11) is 0. The summed E-state index contributed by atoms with van der Waals surface area (Å²) < 4.78 is 0. The van der Waals surface area contributed by atoms with Gasteiger partial charge in [-0.15, -0.1) is 23.4 Å². The van der Waals surface area contributed by atoms with E-state index < -0.39 is 0 Å². The minimum absolute atomic E-state index is 0.784. The Morgan fingerprint density at radius 2 is 2.09 bits per heavy atom. The maximum absolute atomic E-state index is 5.53. The lowest BCUT2D eigenvalue weighted by Crippen LogP contribution is -1.85. The van der Waals surface area contributed by atoms with Crippen molar-refractivity contribution in [3.63, 3.8) is 0 Å². The summed E-state index contributed by atoms with van der Waals surface area (Å²) in [6.45, 7) is 2.05. The Morgan fingerprint density at radius 3 is 2.73 bits per heavy atom. The number of rotatable bonds is 7. The lowest BCUT2D eigenvalue weighted by molar-refractivity contribution is 1.13. The highest BCUT2D eigenvalue weighted by Gasteiger charge is 1.87. The van der Waals surface area contributed by atoms with Gasteiger partial charge >= 0.3 is 0 Å². The molecule has 0 aliphatic heterocycles. The standard InChI is InChI=1S/C8H15ClS2/c1-2-5-10-6-3-7-11-8-4-9/h2,5H,3-4,6-8H2,1H3/b5-2+. The zero-order valence-electron chi connectivity index (χ0n) is 6.88. The van der Waals surface area contributed by atoms with Gasteiger partial charge in [0.15, 0.2) is 0 Å². The lowest BCUT2D eigenvalue weighted by Gasteiger charge is -1.96. The Balaban J connectivity index is 2.79. The first kappa shape index (κ1) is 11.7. The van der Waals surface area contributed by atoms with Crippen LogP contribution < -0.4 is 0 Å². The zero-order valence-corrected chi connectivity index (χ0v) is 9.27. The Bertz CT molecular complexity index is 94.1. The zero-order chi connectivity index (χ0) is 8.36. The van der Waals surface area contributed by atoms with Crippen molar-refractivity contribution in [3.05, 3.63) is 11.5 Å². The van der Waals surface area contributed by atoms with E-state index in [0.29, 0.717) is 0 Å². The first-order valence-corrected chi connectivity index (χ1v) is 6.52. The van der Waals surface area contributed by atoms with Crippen molar-refractivity contribution >= 4 is 35.1 Å². The van der Waals surface area contributed by atoms with Crippen LogP contribution in [0.4, 0.5) is 0 Å². The molecule has 0 saturated carbocycles. The molecule has 0 bridgehead atoms. The first-order valence-electron chi connectivity index (χ1n) is 3.78. The second kappa shape index (κ2) is 10.7. The predicted octanol–water partition coefficient (Wildman–Crippen LogP) is 3.62. The van der Waals surface area contributed by atoms with Gasteiger partial charge < -0.3 is 0 Å². The van der Waals surface area contributed by atoms with Crippen LogP contribution >= 0.6 is 35.1 Å². The summed E-state index contributed by atoms with van der Waals surface area (Å²) in [5.74, 6) is 4.36. The molecule has 0 spiro atoms. The molecule has 0 aliphatic rings. The van der Waals surface area contributed by atoms with E-state index in [1.165, 1.54) is 17.9 Å². The molecule has 0 aromatic heterocycles. The van der Waals surface area contributed by atoms with Gasteiger partial charge in [-0.3, -0.25) is 0 Å². The summed E-state index contributed by atoms with van der Waals surface area (Å²) in [4.78, 5) is 0. The number of allylic oxidation sites excluding steroid dienone is 1. The van der Waals surface area contributed by atoms with Gasteiger partial charge in [0.2, 0.25) is 0 Å². The van der Waals surface area contributed by atoms with Crippen LogP contribution in [-0.2, 0) is 0 Å². The van der Waals surface area contributed by atoms with Gasteiger partial charge in [-0.2, -0.15) is 11.8 Å². The monoisotopic (exact) mass is 210 g/mol. The molecule has 0 nitrogen and oxygen atoms in total. The van der Waals surface area contributed by atoms with Crippen molar-refractivity contribution in [1.82, 2.24) is 0 Å². The molecular formula is C8H15ClS2. The third-order valence-corrected chi connectivity index (χ3v) is 3.48. The van der Waals surface area contributed by atoms with Crippen LogP contribution in [0.1, 0.15) is 13.3 Å². The average molecular weight is 211 g/mol.